The van der Waals surface area contributed by atoms with Gasteiger partial charge in [-0.2, -0.15) is 0 Å². The van der Waals surface area contributed by atoms with Crippen LogP contribution in [-0.4, -0.2) is 279 Å². The number of fused-ring (bicyclic) bond motifs is 5. The minimum absolute atomic E-state index is 0.0204. The molecule has 5 aliphatic heterocycles. The number of H-pyrrole nitrogens is 5. The molecular formula is C91H115N25O14. The molecule has 16 rings (SSSR count). The monoisotopic (exact) mass is 1780 g/mol. The Kier molecular flexibility index (Phi) is 32.4. The predicted octanol–water partition coefficient (Wildman–Crippen LogP) is 11.0. The molecular weight excluding hydrogens is 1670 g/mol. The Morgan fingerprint density at radius 2 is 0.662 bits per heavy atom. The fourth-order valence-electron chi connectivity index (χ4n) is 16.5. The molecule has 130 heavy (non-hydrogen) atoms. The van der Waals surface area contributed by atoms with E-state index in [-0.39, 0.29) is 95.7 Å². The minimum atomic E-state index is -0.421. The van der Waals surface area contributed by atoms with E-state index < -0.39 is 23.9 Å². The number of carbonyl (C=O) groups excluding carboxylic acids is 10. The SMILES string of the molecule is C=CC(=O)N1CCC[C@@H](Nc2ncnc3[nH]cc(C(=O)C4CC4)c23)C1.C=CC(=O)N1CCC[C@@H](Nc2ncnc3[nH]cc(C(=O)OCC)c23)C1.C=CC(=O)N1C[C@H](Nc2ncnc3[nH]cc(C(=O)OC(C)C)c23)CC[C@@H]1C.C=CC(=O)N1C[C@H](Nc2ncnc3[nH]cc(C(=O)OCC)c23)CC[C@@H]1C.C=CC(=O)N1C[C@H](Nc2ncnc3[nH]cc(C(=O)OCCC)c23)CC[C@@H]1C. The van der Waals surface area contributed by atoms with Crippen LogP contribution < -0.4 is 26.6 Å². The number of ketones is 1. The second kappa shape index (κ2) is 44.4. The summed E-state index contributed by atoms with van der Waals surface area (Å²) >= 11 is 0. The van der Waals surface area contributed by atoms with Crippen LogP contribution >= 0.6 is 0 Å². The van der Waals surface area contributed by atoms with Gasteiger partial charge in [0.2, 0.25) is 29.5 Å². The van der Waals surface area contributed by atoms with E-state index in [9.17, 15) is 47.9 Å². The second-order valence-corrected chi connectivity index (χ2v) is 32.7. The molecule has 0 unspecified atom stereocenters. The summed E-state index contributed by atoms with van der Waals surface area (Å²) in [5.41, 5.74) is 5.18. The van der Waals surface area contributed by atoms with Gasteiger partial charge in [-0.05, 0) is 162 Å². The molecule has 5 saturated heterocycles. The fraction of sp³-hybridized carbons (Fsp3) is 0.451. The molecule has 6 fully saturated rings. The van der Waals surface area contributed by atoms with Crippen LogP contribution in [0.4, 0.5) is 29.1 Å². The quantitative estimate of drug-likeness (QED) is 0.0104. The topological polar surface area (TPSA) is 492 Å². The van der Waals surface area contributed by atoms with Crippen LogP contribution in [0.2, 0.25) is 0 Å². The maximum atomic E-state index is 12.5. The van der Waals surface area contributed by atoms with E-state index in [0.29, 0.717) is 159 Å². The number of nitrogens with zero attached hydrogens (tertiary/aromatic N) is 15. The first-order valence-electron chi connectivity index (χ1n) is 44.1. The van der Waals surface area contributed by atoms with Gasteiger partial charge in [0.05, 0.1) is 75.1 Å². The summed E-state index contributed by atoms with van der Waals surface area (Å²) in [4.78, 5) is 188. The number of esters is 4. The van der Waals surface area contributed by atoms with Crippen molar-refractivity contribution in [1.29, 1.82) is 0 Å². The molecule has 10 aromatic rings. The molecule has 0 bridgehead atoms. The first kappa shape index (κ1) is 94.8. The van der Waals surface area contributed by atoms with Crippen LogP contribution in [0.15, 0.2) is 126 Å². The van der Waals surface area contributed by atoms with Crippen molar-refractivity contribution in [3.05, 3.63) is 154 Å². The van der Waals surface area contributed by atoms with E-state index in [1.54, 1.807) is 83.2 Å². The lowest BCUT2D eigenvalue weighted by atomic mass is 9.99. The summed E-state index contributed by atoms with van der Waals surface area (Å²) in [5.74, 6) is 1.19. The van der Waals surface area contributed by atoms with Crippen LogP contribution in [0.25, 0.3) is 55.2 Å². The number of rotatable bonds is 26. The summed E-state index contributed by atoms with van der Waals surface area (Å²) < 4.78 is 20.8. The van der Waals surface area contributed by atoms with Gasteiger partial charge in [0.25, 0.3) is 0 Å². The first-order valence-corrected chi connectivity index (χ1v) is 44.1. The van der Waals surface area contributed by atoms with Crippen molar-refractivity contribution < 1.29 is 66.9 Å². The lowest BCUT2D eigenvalue weighted by Gasteiger charge is -2.38. The number of likely N-dealkylation sites (tertiary alicyclic amines) is 5. The lowest BCUT2D eigenvalue weighted by molar-refractivity contribution is -0.130. The average molecular weight is 1780 g/mol. The van der Waals surface area contributed by atoms with E-state index in [2.05, 4.69) is 134 Å². The zero-order valence-corrected chi connectivity index (χ0v) is 74.7. The highest BCUT2D eigenvalue weighted by atomic mass is 16.5. The van der Waals surface area contributed by atoms with Crippen LogP contribution in [0.3, 0.4) is 0 Å². The molecule has 0 spiro atoms. The first-order chi connectivity index (χ1) is 62.8. The van der Waals surface area contributed by atoms with Crippen molar-refractivity contribution in [2.24, 2.45) is 5.92 Å². The van der Waals surface area contributed by atoms with Crippen molar-refractivity contribution in [1.82, 2.24) is 99.3 Å². The van der Waals surface area contributed by atoms with Gasteiger partial charge in [-0.3, -0.25) is 28.8 Å². The van der Waals surface area contributed by atoms with Crippen molar-refractivity contribution in [3.8, 4) is 0 Å². The van der Waals surface area contributed by atoms with Crippen molar-refractivity contribution >= 4 is 143 Å². The van der Waals surface area contributed by atoms with Gasteiger partial charge in [-0.1, -0.05) is 39.8 Å². The standard InChI is InChI=1S/2C19H25N5O3.C18H23N5O3.C18H21N5O2.C17H21N5O3/c1-5-15(25)24-9-13(7-6-12(24)4)23-18-16-14(19(26)27-11(2)3)8-20-17(16)21-10-22-18;1-4-8-27-19(26)14-9-20-17-16(14)18(22-11-21-17)23-13-7-6-12(3)24(10-13)15(25)5-2;1-4-14(24)23-9-12(7-6-11(23)3)22-17-15-13(18(25)26-5-2)8-19-16(15)20-10-21-17;1-2-14(24)23-7-3-4-12(9-23)22-18-15-13(16(25)11-5-6-11)8-19-17(15)20-10-21-18;1-3-13(23)22-7-5-6-11(9-22)21-16-14-12(17(24)25-4-2)8-18-15(14)19-10-20-16/h5,8,10-13H,1,6-7,9H2,2-4H3,(H2,20,21,22,23);5,9,11-13H,2,4,6-8,10H2,1,3H3,(H2,20,21,22,23);4,8,10-12H,1,5-7,9H2,2-3H3,(H2,19,20,21,22);2,8,10-12H,1,3-7,9H2,(H2,19,20,21,22);3,8,10-11H,1,4-7,9H2,2H3,(H2,18,19,20,21)/t2*12-,13+;11-,12+;12-;11-/m00011/s1. The van der Waals surface area contributed by atoms with Gasteiger partial charge in [0, 0.05) is 137 Å². The number of hydrogen-bond acceptors (Lipinski definition) is 29. The summed E-state index contributed by atoms with van der Waals surface area (Å²) in [7, 11) is 0. The fourth-order valence-corrected chi connectivity index (χ4v) is 16.5. The van der Waals surface area contributed by atoms with E-state index >= 15 is 0 Å². The van der Waals surface area contributed by atoms with Gasteiger partial charge in [0.15, 0.2) is 5.78 Å². The molecule has 0 radical (unpaired) electrons. The molecule has 39 nitrogen and oxygen atoms in total. The number of hydrogen-bond donors (Lipinski definition) is 10. The minimum Gasteiger partial charge on any atom is -0.462 e. The Bertz CT molecular complexity index is 5790. The normalized spacial score (nSPS) is 19.5. The molecule has 10 aromatic heterocycles. The number of amides is 5. The van der Waals surface area contributed by atoms with Crippen LogP contribution in [0.1, 0.15) is 191 Å². The smallest absolute Gasteiger partial charge is 0.340 e. The van der Waals surface area contributed by atoms with Crippen LogP contribution in [-0.2, 0) is 42.9 Å². The van der Waals surface area contributed by atoms with Crippen molar-refractivity contribution in [2.75, 3.05) is 92.2 Å². The number of carbonyl (C=O) groups is 10. The molecule has 1 aliphatic carbocycles. The maximum Gasteiger partial charge on any atom is 0.340 e. The molecule has 1 saturated carbocycles. The maximum absolute atomic E-state index is 12.5. The zero-order chi connectivity index (χ0) is 92.8. The number of anilines is 5. The molecule has 0 aromatic carbocycles. The van der Waals surface area contributed by atoms with Crippen molar-refractivity contribution in [3.63, 3.8) is 0 Å². The van der Waals surface area contributed by atoms with Crippen molar-refractivity contribution in [2.45, 2.75) is 193 Å². The Morgan fingerprint density at radius 3 is 0.946 bits per heavy atom. The van der Waals surface area contributed by atoms with Gasteiger partial charge in [-0.15, -0.1) is 0 Å². The Morgan fingerprint density at radius 1 is 0.377 bits per heavy atom. The van der Waals surface area contributed by atoms with Crippen LogP contribution in [0.5, 0.6) is 0 Å². The predicted molar refractivity (Wildman–Crippen MR) is 490 cm³/mol. The molecule has 10 N–H and O–H groups in total. The van der Waals surface area contributed by atoms with Gasteiger partial charge in [0.1, 0.15) is 89.0 Å². The lowest BCUT2D eigenvalue weighted by Crippen LogP contribution is -2.49. The molecule has 39 heteroatoms. The molecule has 8 atom stereocenters. The van der Waals surface area contributed by atoms with E-state index in [0.717, 1.165) is 102 Å². The highest BCUT2D eigenvalue weighted by Gasteiger charge is 2.37. The number of ether oxygens (including phenoxy) is 4. The second-order valence-electron chi connectivity index (χ2n) is 32.7. The Labute approximate surface area is 751 Å². The third kappa shape index (κ3) is 23.0. The summed E-state index contributed by atoms with van der Waals surface area (Å²) in [6.07, 6.45) is 33.5. The Balaban J connectivity index is 0.000000147. The third-order valence-electron chi connectivity index (χ3n) is 23.3. The summed E-state index contributed by atoms with van der Waals surface area (Å²) in [6, 6.07) is 0.720. The number of aromatic amines is 5. The van der Waals surface area contributed by atoms with E-state index in [4.69, 9.17) is 18.9 Å². The summed E-state index contributed by atoms with van der Waals surface area (Å²) in [6.45, 7) is 38.2. The number of aromatic nitrogens is 15. The molecule has 15 heterocycles. The number of nitrogens with one attached hydrogen (secondary N) is 10. The highest BCUT2D eigenvalue weighted by molar-refractivity contribution is 6.13. The number of Topliss-reactive ketones (excluding diaryl/α,β-unsaturated/α-hetero) is 1. The van der Waals surface area contributed by atoms with Gasteiger partial charge < -0.3 is 95.0 Å². The molecule has 5 amide bonds. The van der Waals surface area contributed by atoms with Gasteiger partial charge >= 0.3 is 23.9 Å². The molecule has 688 valence electrons. The zero-order valence-electron chi connectivity index (χ0n) is 74.7. The average Bonchev–Trinajstić information content (AvgIpc) is 1.63. The largest absolute Gasteiger partial charge is 0.462 e. The third-order valence-corrected chi connectivity index (χ3v) is 23.3. The van der Waals surface area contributed by atoms with Gasteiger partial charge in [-0.25, -0.2) is 69.0 Å². The Hall–Kier alpha value is -14.3. The summed E-state index contributed by atoms with van der Waals surface area (Å²) in [5, 5.41) is 20.1. The number of piperidine rings is 5. The van der Waals surface area contributed by atoms with E-state index in [1.165, 1.54) is 62.0 Å². The van der Waals surface area contributed by atoms with E-state index in [1.807, 2.05) is 27.7 Å². The molecule has 6 aliphatic rings. The highest BCUT2D eigenvalue weighted by Crippen LogP contribution is 2.38. The van der Waals surface area contributed by atoms with Crippen LogP contribution in [0, 0.1) is 5.92 Å².